The van der Waals surface area contributed by atoms with Crippen molar-refractivity contribution in [2.24, 2.45) is 0 Å². The molecule has 1 fully saturated rings. The summed E-state index contributed by atoms with van der Waals surface area (Å²) in [4.78, 5) is 14.6. The van der Waals surface area contributed by atoms with Gasteiger partial charge in [-0.25, -0.2) is 4.68 Å². The fourth-order valence-electron chi connectivity index (χ4n) is 3.04. The predicted octanol–water partition coefficient (Wildman–Crippen LogP) is 1.72. The minimum atomic E-state index is 0.0485. The molecule has 1 amide bonds. The normalized spacial score (nSPS) is 15.4. The number of carbonyl (C=O) groups is 1. The van der Waals surface area contributed by atoms with Gasteiger partial charge < -0.3 is 15.5 Å². The average Bonchev–Trinajstić information content (AvgIpc) is 2.90. The van der Waals surface area contributed by atoms with Crippen LogP contribution >= 0.6 is 0 Å². The number of aryl methyl sites for hydroxylation is 1. The van der Waals surface area contributed by atoms with Crippen LogP contribution in [0.25, 0.3) is 5.69 Å². The van der Waals surface area contributed by atoms with Crippen LogP contribution in [0, 0.1) is 13.8 Å². The Balaban J connectivity index is 1.64. The lowest BCUT2D eigenvalue weighted by molar-refractivity contribution is -0.116. The molecule has 0 saturated carbocycles. The highest BCUT2D eigenvalue weighted by atomic mass is 16.1. The molecule has 128 valence electrons. The molecule has 2 heterocycles. The van der Waals surface area contributed by atoms with Gasteiger partial charge in [0.15, 0.2) is 0 Å². The third-order valence-electron chi connectivity index (χ3n) is 4.42. The highest BCUT2D eigenvalue weighted by Gasteiger charge is 2.16. The van der Waals surface area contributed by atoms with Crippen molar-refractivity contribution in [3.05, 3.63) is 41.7 Å². The number of hydrogen-bond acceptors (Lipinski definition) is 4. The van der Waals surface area contributed by atoms with Crippen molar-refractivity contribution >= 4 is 11.6 Å². The Morgan fingerprint density at radius 3 is 2.62 bits per heavy atom. The average molecular weight is 327 g/mol. The number of carbonyl (C=O) groups excluding carboxylic acids is 1. The van der Waals surface area contributed by atoms with E-state index < -0.39 is 0 Å². The summed E-state index contributed by atoms with van der Waals surface area (Å²) in [6.45, 7) is 8.75. The molecule has 0 unspecified atom stereocenters. The number of hydrogen-bond donors (Lipinski definition) is 2. The van der Waals surface area contributed by atoms with Gasteiger partial charge >= 0.3 is 0 Å². The van der Waals surface area contributed by atoms with E-state index in [0.717, 1.165) is 55.5 Å². The third kappa shape index (κ3) is 3.83. The van der Waals surface area contributed by atoms with E-state index in [0.29, 0.717) is 6.42 Å². The summed E-state index contributed by atoms with van der Waals surface area (Å²) in [7, 11) is 0. The Morgan fingerprint density at radius 1 is 1.21 bits per heavy atom. The zero-order valence-electron chi connectivity index (χ0n) is 14.4. The monoisotopic (exact) mass is 327 g/mol. The summed E-state index contributed by atoms with van der Waals surface area (Å²) in [6.07, 6.45) is 0.509. The van der Waals surface area contributed by atoms with Crippen molar-refractivity contribution < 1.29 is 4.79 Å². The van der Waals surface area contributed by atoms with Crippen molar-refractivity contribution in [2.45, 2.75) is 20.3 Å². The van der Waals surface area contributed by atoms with Crippen LogP contribution in [0.3, 0.4) is 0 Å². The number of nitrogens with one attached hydrogen (secondary N) is 2. The van der Waals surface area contributed by atoms with Crippen molar-refractivity contribution in [3.63, 3.8) is 0 Å². The van der Waals surface area contributed by atoms with Gasteiger partial charge in [0.05, 0.1) is 22.8 Å². The summed E-state index contributed by atoms with van der Waals surface area (Å²) in [5.74, 6) is 0.0485. The second-order valence-electron chi connectivity index (χ2n) is 6.18. The first-order chi connectivity index (χ1) is 11.6. The SMILES string of the molecule is Cc1nn(-c2ccccc2)c(C)c1NC(=O)CCN1CCNCC1. The molecule has 24 heavy (non-hydrogen) atoms. The van der Waals surface area contributed by atoms with Gasteiger partial charge in [-0.2, -0.15) is 5.10 Å². The number of piperazine rings is 1. The number of aromatic nitrogens is 2. The molecular formula is C18H25N5O. The molecule has 6 heteroatoms. The van der Waals surface area contributed by atoms with E-state index in [1.54, 1.807) is 0 Å². The molecule has 1 aromatic carbocycles. The Bertz CT molecular complexity index is 689. The zero-order chi connectivity index (χ0) is 16.9. The van der Waals surface area contributed by atoms with Crippen LogP contribution in [-0.2, 0) is 4.79 Å². The molecule has 2 aromatic rings. The minimum absolute atomic E-state index is 0.0485. The lowest BCUT2D eigenvalue weighted by Gasteiger charge is -2.26. The Kier molecular flexibility index (Phi) is 5.27. The molecule has 1 aliphatic heterocycles. The van der Waals surface area contributed by atoms with E-state index in [1.165, 1.54) is 0 Å². The lowest BCUT2D eigenvalue weighted by Crippen LogP contribution is -2.44. The largest absolute Gasteiger partial charge is 0.323 e. The third-order valence-corrected chi connectivity index (χ3v) is 4.42. The highest BCUT2D eigenvalue weighted by molar-refractivity contribution is 5.92. The molecule has 2 N–H and O–H groups in total. The van der Waals surface area contributed by atoms with Crippen LogP contribution in [-0.4, -0.2) is 53.3 Å². The Hall–Kier alpha value is -2.18. The summed E-state index contributed by atoms with van der Waals surface area (Å²) in [6, 6.07) is 9.97. The van der Waals surface area contributed by atoms with Crippen molar-refractivity contribution in [1.29, 1.82) is 0 Å². The number of anilines is 1. The number of nitrogens with zero attached hydrogens (tertiary/aromatic N) is 3. The molecule has 0 atom stereocenters. The van der Waals surface area contributed by atoms with Gasteiger partial charge in [-0.3, -0.25) is 4.79 Å². The van der Waals surface area contributed by atoms with Gasteiger partial charge in [0.2, 0.25) is 5.91 Å². The predicted molar refractivity (Wildman–Crippen MR) is 95.6 cm³/mol. The van der Waals surface area contributed by atoms with Gasteiger partial charge in [-0.15, -0.1) is 0 Å². The molecule has 0 aliphatic carbocycles. The first-order valence-corrected chi connectivity index (χ1v) is 8.49. The van der Waals surface area contributed by atoms with E-state index in [1.807, 2.05) is 48.9 Å². The topological polar surface area (TPSA) is 62.2 Å². The smallest absolute Gasteiger partial charge is 0.225 e. The van der Waals surface area contributed by atoms with Crippen LogP contribution in [0.1, 0.15) is 17.8 Å². The van der Waals surface area contributed by atoms with Gasteiger partial charge in [0.1, 0.15) is 0 Å². The Labute approximate surface area is 142 Å². The molecule has 1 aliphatic rings. The first kappa shape index (κ1) is 16.7. The molecule has 1 saturated heterocycles. The minimum Gasteiger partial charge on any atom is -0.323 e. The maximum atomic E-state index is 12.3. The lowest BCUT2D eigenvalue weighted by atomic mass is 10.2. The fourth-order valence-corrected chi connectivity index (χ4v) is 3.04. The maximum Gasteiger partial charge on any atom is 0.225 e. The summed E-state index contributed by atoms with van der Waals surface area (Å²) < 4.78 is 1.88. The van der Waals surface area contributed by atoms with Gasteiger partial charge in [-0.1, -0.05) is 18.2 Å². The number of para-hydroxylation sites is 1. The summed E-state index contributed by atoms with van der Waals surface area (Å²) in [5.41, 5.74) is 3.62. The number of benzene rings is 1. The highest BCUT2D eigenvalue weighted by Crippen LogP contribution is 2.22. The van der Waals surface area contributed by atoms with Crippen molar-refractivity contribution in [2.75, 3.05) is 38.0 Å². The van der Waals surface area contributed by atoms with Gasteiger partial charge in [-0.05, 0) is 26.0 Å². The first-order valence-electron chi connectivity index (χ1n) is 8.49. The molecule has 3 rings (SSSR count). The molecule has 0 spiro atoms. The zero-order valence-corrected chi connectivity index (χ0v) is 14.4. The van der Waals surface area contributed by atoms with Crippen LogP contribution < -0.4 is 10.6 Å². The quantitative estimate of drug-likeness (QED) is 0.878. The molecule has 6 nitrogen and oxygen atoms in total. The fraction of sp³-hybridized carbons (Fsp3) is 0.444. The van der Waals surface area contributed by atoms with Gasteiger partial charge in [0.25, 0.3) is 0 Å². The van der Waals surface area contributed by atoms with E-state index in [2.05, 4.69) is 20.6 Å². The summed E-state index contributed by atoms with van der Waals surface area (Å²) >= 11 is 0. The second kappa shape index (κ2) is 7.59. The van der Waals surface area contributed by atoms with Crippen LogP contribution in [0.5, 0.6) is 0 Å². The molecule has 1 aromatic heterocycles. The molecule has 0 bridgehead atoms. The van der Waals surface area contributed by atoms with Crippen LogP contribution in [0.2, 0.25) is 0 Å². The van der Waals surface area contributed by atoms with Crippen LogP contribution in [0.15, 0.2) is 30.3 Å². The van der Waals surface area contributed by atoms with Crippen LogP contribution in [0.4, 0.5) is 5.69 Å². The molecular weight excluding hydrogens is 302 g/mol. The van der Waals surface area contributed by atoms with Gasteiger partial charge in [0, 0.05) is 39.1 Å². The van der Waals surface area contributed by atoms with E-state index in [-0.39, 0.29) is 5.91 Å². The van der Waals surface area contributed by atoms with E-state index >= 15 is 0 Å². The number of amides is 1. The number of rotatable bonds is 5. The summed E-state index contributed by atoms with van der Waals surface area (Å²) in [5, 5.41) is 10.9. The molecule has 0 radical (unpaired) electrons. The van der Waals surface area contributed by atoms with Crippen molar-refractivity contribution in [3.8, 4) is 5.69 Å². The maximum absolute atomic E-state index is 12.3. The van der Waals surface area contributed by atoms with E-state index in [4.69, 9.17) is 0 Å². The standard InChI is InChI=1S/C18H25N5O/c1-14-18(15(2)23(21-14)16-6-4-3-5-7-16)20-17(24)8-11-22-12-9-19-10-13-22/h3-7,19H,8-13H2,1-2H3,(H,20,24). The Morgan fingerprint density at radius 2 is 1.92 bits per heavy atom. The van der Waals surface area contributed by atoms with Crippen molar-refractivity contribution in [1.82, 2.24) is 20.0 Å². The second-order valence-corrected chi connectivity index (χ2v) is 6.18. The van der Waals surface area contributed by atoms with E-state index in [9.17, 15) is 4.79 Å².